The fraction of sp³-hybridized carbons (Fsp3) is 0.400. The predicted octanol–water partition coefficient (Wildman–Crippen LogP) is 5.14. The number of nitrogens with one attached hydrogen (secondary N) is 1. The van der Waals surface area contributed by atoms with Crippen molar-refractivity contribution in [2.24, 2.45) is 0 Å². The molecule has 0 saturated carbocycles. The highest BCUT2D eigenvalue weighted by Crippen LogP contribution is 2.39. The summed E-state index contributed by atoms with van der Waals surface area (Å²) < 4.78 is 12.8. The van der Waals surface area contributed by atoms with Crippen molar-refractivity contribution in [3.63, 3.8) is 0 Å². The summed E-state index contributed by atoms with van der Waals surface area (Å²) in [6.45, 7) is 2.86. The summed E-state index contributed by atoms with van der Waals surface area (Å²) in [5.41, 5.74) is 3.19. The molecule has 0 spiro atoms. The minimum atomic E-state index is -0.305. The van der Waals surface area contributed by atoms with Gasteiger partial charge in [0.15, 0.2) is 0 Å². The molecule has 3 heterocycles. The molecule has 1 atom stereocenters. The molecule has 148 valence electrons. The van der Waals surface area contributed by atoms with Crippen LogP contribution < -0.4 is 0 Å². The van der Waals surface area contributed by atoms with Crippen molar-refractivity contribution in [3.8, 4) is 11.1 Å². The lowest BCUT2D eigenvalue weighted by atomic mass is 10.0. The maximum Gasteiger partial charge on any atom is 0.311 e. The Morgan fingerprint density at radius 1 is 1.39 bits per heavy atom. The van der Waals surface area contributed by atoms with Crippen LogP contribution in [0, 0.1) is 0 Å². The van der Waals surface area contributed by atoms with Crippen LogP contribution in [0.3, 0.4) is 0 Å². The molecule has 0 amide bonds. The Balaban J connectivity index is 1.79. The molecule has 1 N–H and O–H groups in total. The molecule has 1 saturated heterocycles. The molecule has 1 aliphatic rings. The maximum atomic E-state index is 12.1. The van der Waals surface area contributed by atoms with Crippen LogP contribution in [0.25, 0.3) is 22.0 Å². The van der Waals surface area contributed by atoms with Crippen molar-refractivity contribution in [2.45, 2.75) is 38.8 Å². The van der Waals surface area contributed by atoms with Crippen LogP contribution in [0.1, 0.15) is 38.1 Å². The van der Waals surface area contributed by atoms with Gasteiger partial charge >= 0.3 is 5.97 Å². The van der Waals surface area contributed by atoms with Gasteiger partial charge in [-0.05, 0) is 32.3 Å². The summed E-state index contributed by atoms with van der Waals surface area (Å²) in [4.78, 5) is 15.4. The monoisotopic (exact) mass is 421 g/mol. The van der Waals surface area contributed by atoms with Crippen LogP contribution >= 0.6 is 23.2 Å². The predicted molar refractivity (Wildman–Crippen MR) is 109 cm³/mol. The second-order valence-corrected chi connectivity index (χ2v) is 7.56. The Labute approximate surface area is 172 Å². The second-order valence-electron chi connectivity index (χ2n) is 6.77. The Kier molecular flexibility index (Phi) is 5.62. The number of halogens is 2. The average Bonchev–Trinajstić information content (AvgIpc) is 3.30. The van der Waals surface area contributed by atoms with Crippen LogP contribution in [-0.4, -0.2) is 33.9 Å². The number of hydrogen-bond donors (Lipinski definition) is 1. The van der Waals surface area contributed by atoms with E-state index in [1.807, 2.05) is 16.9 Å². The van der Waals surface area contributed by atoms with Gasteiger partial charge in [0.25, 0.3) is 0 Å². The number of carbonyl (C=O) groups excluding carboxylic acids is 1. The highest BCUT2D eigenvalue weighted by Gasteiger charge is 2.22. The van der Waals surface area contributed by atoms with Crippen molar-refractivity contribution in [2.75, 3.05) is 13.2 Å². The minimum absolute atomic E-state index is 0.0563. The number of rotatable bonds is 5. The lowest BCUT2D eigenvalue weighted by Gasteiger charge is -2.22. The highest BCUT2D eigenvalue weighted by atomic mass is 35.5. The topological polar surface area (TPSA) is 69.1 Å². The van der Waals surface area contributed by atoms with E-state index in [9.17, 15) is 4.79 Å². The third-order valence-corrected chi connectivity index (χ3v) is 5.71. The molecule has 4 rings (SSSR count). The molecule has 0 radical (unpaired) electrons. The molecule has 0 aliphatic carbocycles. The first-order valence-corrected chi connectivity index (χ1v) is 10.1. The summed E-state index contributed by atoms with van der Waals surface area (Å²) in [7, 11) is 0. The fourth-order valence-corrected chi connectivity index (χ4v) is 4.00. The summed E-state index contributed by atoms with van der Waals surface area (Å²) in [5, 5.41) is 6.27. The van der Waals surface area contributed by atoms with Gasteiger partial charge in [0.05, 0.1) is 34.8 Å². The molecule has 2 aromatic heterocycles. The Bertz CT molecular complexity index is 1010. The first-order valence-electron chi connectivity index (χ1n) is 9.38. The van der Waals surface area contributed by atoms with Crippen molar-refractivity contribution in [3.05, 3.63) is 40.3 Å². The van der Waals surface area contributed by atoms with E-state index >= 15 is 0 Å². The molecule has 28 heavy (non-hydrogen) atoms. The molecule has 3 aromatic rings. The molecule has 0 bridgehead atoms. The number of aromatic amines is 1. The number of esters is 1. The van der Waals surface area contributed by atoms with Gasteiger partial charge < -0.3 is 14.5 Å². The fourth-order valence-electron chi connectivity index (χ4n) is 3.63. The van der Waals surface area contributed by atoms with Crippen LogP contribution in [0.5, 0.6) is 0 Å². The van der Waals surface area contributed by atoms with E-state index in [0.29, 0.717) is 22.2 Å². The number of carbonyl (C=O) groups is 1. The number of benzene rings is 1. The largest absolute Gasteiger partial charge is 0.466 e. The Morgan fingerprint density at radius 3 is 3.00 bits per heavy atom. The standard InChI is InChI=1S/C20H21Cl2N3O3/c1-2-27-17(26)9-15-18(13-6-7-14(21)19(22)20(13)24-15)12-10-23-25(11-12)16-5-3-4-8-28-16/h6-7,10-11,16,24H,2-5,8-9H2,1H3. The van der Waals surface area contributed by atoms with Crippen molar-refractivity contribution < 1.29 is 14.3 Å². The van der Waals surface area contributed by atoms with Gasteiger partial charge in [-0.3, -0.25) is 4.79 Å². The van der Waals surface area contributed by atoms with Gasteiger partial charge in [-0.2, -0.15) is 5.10 Å². The number of fused-ring (bicyclic) bond motifs is 1. The SMILES string of the molecule is CCOC(=O)Cc1[nH]c2c(Cl)c(Cl)ccc2c1-c1cnn(C2CCCCO2)c1. The van der Waals surface area contributed by atoms with Gasteiger partial charge in [0, 0.05) is 35.0 Å². The first-order chi connectivity index (χ1) is 13.6. The average molecular weight is 422 g/mol. The summed E-state index contributed by atoms with van der Waals surface area (Å²) >= 11 is 12.6. The number of hydrogen-bond acceptors (Lipinski definition) is 4. The molecule has 6 nitrogen and oxygen atoms in total. The molecule has 1 aliphatic heterocycles. The minimum Gasteiger partial charge on any atom is -0.466 e. The van der Waals surface area contributed by atoms with E-state index in [2.05, 4.69) is 10.1 Å². The molecular weight excluding hydrogens is 401 g/mol. The summed E-state index contributed by atoms with van der Waals surface area (Å²) in [5.74, 6) is -0.305. The van der Waals surface area contributed by atoms with Gasteiger partial charge in [-0.1, -0.05) is 29.3 Å². The van der Waals surface area contributed by atoms with E-state index < -0.39 is 0 Å². The molecule has 1 aromatic carbocycles. The Hall–Kier alpha value is -2.02. The maximum absolute atomic E-state index is 12.1. The summed E-state index contributed by atoms with van der Waals surface area (Å²) in [6.07, 6.45) is 6.93. The smallest absolute Gasteiger partial charge is 0.311 e. The normalized spacial score (nSPS) is 17.2. The quantitative estimate of drug-likeness (QED) is 0.578. The van der Waals surface area contributed by atoms with E-state index in [1.54, 1.807) is 19.2 Å². The van der Waals surface area contributed by atoms with Crippen molar-refractivity contribution >= 4 is 40.1 Å². The first kappa shape index (κ1) is 19.3. The highest BCUT2D eigenvalue weighted by molar-refractivity contribution is 6.45. The zero-order valence-corrected chi connectivity index (χ0v) is 17.0. The number of nitrogens with zero attached hydrogens (tertiary/aromatic N) is 2. The van der Waals surface area contributed by atoms with E-state index in [1.165, 1.54) is 0 Å². The van der Waals surface area contributed by atoms with Crippen molar-refractivity contribution in [1.82, 2.24) is 14.8 Å². The van der Waals surface area contributed by atoms with Gasteiger partial charge in [0.1, 0.15) is 6.23 Å². The van der Waals surface area contributed by atoms with Gasteiger partial charge in [0.2, 0.25) is 0 Å². The lowest BCUT2D eigenvalue weighted by molar-refractivity contribution is -0.142. The van der Waals surface area contributed by atoms with E-state index in [4.69, 9.17) is 32.7 Å². The van der Waals surface area contributed by atoms with Crippen LogP contribution in [-0.2, 0) is 20.7 Å². The lowest BCUT2D eigenvalue weighted by Crippen LogP contribution is -2.18. The van der Waals surface area contributed by atoms with Crippen LogP contribution in [0.15, 0.2) is 24.5 Å². The summed E-state index contributed by atoms with van der Waals surface area (Å²) in [6, 6.07) is 3.66. The second kappa shape index (κ2) is 8.15. The Morgan fingerprint density at radius 2 is 2.25 bits per heavy atom. The molecular formula is C20H21Cl2N3O3. The number of ether oxygens (including phenoxy) is 2. The van der Waals surface area contributed by atoms with Gasteiger partial charge in [-0.15, -0.1) is 0 Å². The zero-order valence-electron chi connectivity index (χ0n) is 15.5. The van der Waals surface area contributed by atoms with E-state index in [-0.39, 0.29) is 18.6 Å². The molecule has 8 heteroatoms. The van der Waals surface area contributed by atoms with Crippen LogP contribution in [0.4, 0.5) is 0 Å². The number of aromatic nitrogens is 3. The molecule has 1 unspecified atom stereocenters. The van der Waals surface area contributed by atoms with E-state index in [0.717, 1.165) is 48.1 Å². The van der Waals surface area contributed by atoms with Crippen molar-refractivity contribution in [1.29, 1.82) is 0 Å². The third kappa shape index (κ3) is 3.64. The van der Waals surface area contributed by atoms with Gasteiger partial charge in [-0.25, -0.2) is 4.68 Å². The molecule has 1 fully saturated rings. The third-order valence-electron chi connectivity index (χ3n) is 4.91. The zero-order chi connectivity index (χ0) is 19.7. The van der Waals surface area contributed by atoms with Crippen LogP contribution in [0.2, 0.25) is 10.0 Å². The number of H-pyrrole nitrogens is 1.